The molecule has 0 spiro atoms. The van der Waals surface area contributed by atoms with Crippen molar-refractivity contribution in [2.45, 2.75) is 49.6 Å². The molecule has 7 nitrogen and oxygen atoms in total. The van der Waals surface area contributed by atoms with Crippen molar-refractivity contribution in [3.05, 3.63) is 59.7 Å². The second-order valence-corrected chi connectivity index (χ2v) is 11.0. The molecule has 1 atom stereocenters. The number of carboxylic acids is 1. The van der Waals surface area contributed by atoms with Crippen molar-refractivity contribution in [3.8, 4) is 11.1 Å². The average Bonchev–Trinajstić information content (AvgIpc) is 3.64. The maximum Gasteiger partial charge on any atom is 0.407 e. The monoisotopic (exact) mass is 494 g/mol. The molecule has 0 bridgehead atoms. The van der Waals surface area contributed by atoms with E-state index in [1.54, 1.807) is 11.8 Å². The van der Waals surface area contributed by atoms with Gasteiger partial charge in [-0.25, -0.2) is 9.59 Å². The first-order valence-corrected chi connectivity index (χ1v) is 13.3. The molecule has 184 valence electrons. The van der Waals surface area contributed by atoms with Gasteiger partial charge in [0.25, 0.3) is 0 Å². The van der Waals surface area contributed by atoms with Crippen LogP contribution in [-0.2, 0) is 14.3 Å². The quantitative estimate of drug-likeness (QED) is 0.509. The Labute approximate surface area is 209 Å². The molecule has 3 aliphatic rings. The Morgan fingerprint density at radius 3 is 2.17 bits per heavy atom. The van der Waals surface area contributed by atoms with Gasteiger partial charge < -0.3 is 20.5 Å². The molecule has 0 radical (unpaired) electrons. The number of rotatable bonds is 8. The second kappa shape index (κ2) is 9.93. The number of carbonyl (C=O) groups excluding carboxylic acids is 2. The molecule has 1 aliphatic heterocycles. The van der Waals surface area contributed by atoms with Gasteiger partial charge in [-0.1, -0.05) is 48.5 Å². The number of ether oxygens (including phenoxy) is 1. The summed E-state index contributed by atoms with van der Waals surface area (Å²) in [4.78, 5) is 37.3. The molecule has 1 saturated heterocycles. The molecule has 2 aliphatic carbocycles. The standard InChI is InChI=1S/C27H30N2O5S/c30-23(28-24(25(31)32)17-9-10-17)15-27(11-13-35-14-12-27)29-26(33)34-16-22-20-7-3-1-5-18(20)19-6-2-4-8-21(19)22/h1-8,17,22,24H,9-16H2,(H,28,30)(H,29,33)(H,31,32). The third kappa shape index (κ3) is 5.17. The van der Waals surface area contributed by atoms with Crippen LogP contribution in [0.1, 0.15) is 49.1 Å². The zero-order valence-electron chi connectivity index (χ0n) is 19.5. The van der Waals surface area contributed by atoms with Gasteiger partial charge in [-0.15, -0.1) is 0 Å². The van der Waals surface area contributed by atoms with Crippen LogP contribution in [0.5, 0.6) is 0 Å². The van der Waals surface area contributed by atoms with Gasteiger partial charge in [0.05, 0.1) is 5.54 Å². The summed E-state index contributed by atoms with van der Waals surface area (Å²) in [6.07, 6.45) is 2.42. The van der Waals surface area contributed by atoms with Gasteiger partial charge in [-0.2, -0.15) is 11.8 Å². The van der Waals surface area contributed by atoms with Crippen molar-refractivity contribution in [1.82, 2.24) is 10.6 Å². The summed E-state index contributed by atoms with van der Waals surface area (Å²) in [6.45, 7) is 0.208. The second-order valence-electron chi connectivity index (χ2n) is 9.74. The summed E-state index contributed by atoms with van der Waals surface area (Å²) >= 11 is 1.79. The summed E-state index contributed by atoms with van der Waals surface area (Å²) in [7, 11) is 0. The van der Waals surface area contributed by atoms with Gasteiger partial charge >= 0.3 is 12.1 Å². The normalized spacial score (nSPS) is 19.2. The largest absolute Gasteiger partial charge is 0.480 e. The zero-order chi connectivity index (χ0) is 24.4. The fourth-order valence-electron chi connectivity index (χ4n) is 5.30. The number of nitrogens with one attached hydrogen (secondary N) is 2. The highest BCUT2D eigenvalue weighted by atomic mass is 32.2. The van der Waals surface area contributed by atoms with Crippen molar-refractivity contribution in [1.29, 1.82) is 0 Å². The van der Waals surface area contributed by atoms with Crippen LogP contribution >= 0.6 is 11.8 Å². The maximum atomic E-state index is 13.0. The van der Waals surface area contributed by atoms with E-state index in [0.29, 0.717) is 12.8 Å². The van der Waals surface area contributed by atoms with Gasteiger partial charge in [0.2, 0.25) is 5.91 Å². The van der Waals surface area contributed by atoms with Crippen LogP contribution in [0.2, 0.25) is 0 Å². The molecule has 2 fully saturated rings. The molecule has 35 heavy (non-hydrogen) atoms. The van der Waals surface area contributed by atoms with Crippen molar-refractivity contribution in [2.75, 3.05) is 18.1 Å². The minimum atomic E-state index is -1.00. The molecule has 3 N–H and O–H groups in total. The molecule has 5 rings (SSSR count). The van der Waals surface area contributed by atoms with E-state index in [9.17, 15) is 19.5 Å². The Morgan fingerprint density at radius 1 is 1.00 bits per heavy atom. The maximum absolute atomic E-state index is 13.0. The lowest BCUT2D eigenvalue weighted by atomic mass is 9.88. The lowest BCUT2D eigenvalue weighted by Gasteiger charge is -2.37. The fraction of sp³-hybridized carbons (Fsp3) is 0.444. The summed E-state index contributed by atoms with van der Waals surface area (Å²) in [6, 6.07) is 15.5. The first-order valence-electron chi connectivity index (χ1n) is 12.2. The minimum Gasteiger partial charge on any atom is -0.480 e. The Bertz CT molecular complexity index is 1080. The number of thioether (sulfide) groups is 1. The fourth-order valence-corrected chi connectivity index (χ4v) is 6.58. The molecule has 2 amide bonds. The van der Waals surface area contributed by atoms with E-state index in [1.165, 1.54) is 11.1 Å². The number of aliphatic carboxylic acids is 1. The molecule has 1 unspecified atom stereocenters. The van der Waals surface area contributed by atoms with Crippen LogP contribution < -0.4 is 10.6 Å². The topological polar surface area (TPSA) is 105 Å². The first kappa shape index (κ1) is 23.7. The predicted molar refractivity (Wildman–Crippen MR) is 134 cm³/mol. The Morgan fingerprint density at radius 2 is 1.60 bits per heavy atom. The van der Waals surface area contributed by atoms with Crippen molar-refractivity contribution in [2.24, 2.45) is 5.92 Å². The van der Waals surface area contributed by atoms with E-state index in [2.05, 4.69) is 34.9 Å². The van der Waals surface area contributed by atoms with Gasteiger partial charge in [0.15, 0.2) is 0 Å². The summed E-state index contributed by atoms with van der Waals surface area (Å²) < 4.78 is 5.73. The third-order valence-corrected chi connectivity index (χ3v) is 8.32. The lowest BCUT2D eigenvalue weighted by Crippen LogP contribution is -2.55. The minimum absolute atomic E-state index is 0.00408. The van der Waals surface area contributed by atoms with Gasteiger partial charge in [0, 0.05) is 12.3 Å². The summed E-state index contributed by atoms with van der Waals surface area (Å²) in [5.41, 5.74) is 3.88. The van der Waals surface area contributed by atoms with Crippen LogP contribution in [0.3, 0.4) is 0 Å². The molecule has 2 aromatic rings. The molecule has 2 aromatic carbocycles. The number of hydrogen-bond donors (Lipinski definition) is 3. The average molecular weight is 495 g/mol. The molecule has 1 saturated carbocycles. The number of fused-ring (bicyclic) bond motifs is 3. The Balaban J connectivity index is 1.24. The molecule has 1 heterocycles. The number of alkyl carbamates (subject to hydrolysis) is 1. The van der Waals surface area contributed by atoms with Crippen LogP contribution in [-0.4, -0.2) is 52.8 Å². The number of carboxylic acid groups (broad SMARTS) is 1. The van der Waals surface area contributed by atoms with Gasteiger partial charge in [-0.3, -0.25) is 4.79 Å². The highest BCUT2D eigenvalue weighted by Gasteiger charge is 2.41. The Kier molecular flexibility index (Phi) is 6.73. The van der Waals surface area contributed by atoms with Crippen LogP contribution in [0.4, 0.5) is 4.79 Å². The van der Waals surface area contributed by atoms with Crippen LogP contribution in [0.15, 0.2) is 48.5 Å². The number of hydrogen-bond acceptors (Lipinski definition) is 5. The van der Waals surface area contributed by atoms with E-state index < -0.39 is 23.6 Å². The number of benzene rings is 2. The van der Waals surface area contributed by atoms with Gasteiger partial charge in [-0.05, 0) is 65.4 Å². The third-order valence-electron chi connectivity index (χ3n) is 7.34. The van der Waals surface area contributed by atoms with E-state index in [4.69, 9.17) is 4.74 Å². The molecular formula is C27H30N2O5S. The highest BCUT2D eigenvalue weighted by molar-refractivity contribution is 7.99. The number of amides is 2. The first-order chi connectivity index (χ1) is 17.0. The lowest BCUT2D eigenvalue weighted by molar-refractivity contribution is -0.142. The van der Waals surface area contributed by atoms with Crippen LogP contribution in [0, 0.1) is 5.92 Å². The Hall–Kier alpha value is -3.00. The molecular weight excluding hydrogens is 464 g/mol. The van der Waals surface area contributed by atoms with Crippen molar-refractivity contribution < 1.29 is 24.2 Å². The highest BCUT2D eigenvalue weighted by Crippen LogP contribution is 2.44. The van der Waals surface area contributed by atoms with Gasteiger partial charge in [0.1, 0.15) is 12.6 Å². The van der Waals surface area contributed by atoms with E-state index in [-0.39, 0.29) is 30.8 Å². The smallest absolute Gasteiger partial charge is 0.407 e. The zero-order valence-corrected chi connectivity index (χ0v) is 20.3. The van der Waals surface area contributed by atoms with Crippen LogP contribution in [0.25, 0.3) is 11.1 Å². The predicted octanol–water partition coefficient (Wildman–Crippen LogP) is 4.16. The van der Waals surface area contributed by atoms with E-state index >= 15 is 0 Å². The summed E-state index contributed by atoms with van der Waals surface area (Å²) in [5, 5.41) is 15.1. The summed E-state index contributed by atoms with van der Waals surface area (Å²) in [5.74, 6) is 0.270. The number of carbonyl (C=O) groups is 3. The molecule has 8 heteroatoms. The SMILES string of the molecule is O=C(CC1(NC(=O)OCC2c3ccccc3-c3ccccc32)CCSCC1)NC(C(=O)O)C1CC1. The van der Waals surface area contributed by atoms with E-state index in [0.717, 1.165) is 35.5 Å². The van der Waals surface area contributed by atoms with Crippen molar-refractivity contribution >= 4 is 29.7 Å². The molecule has 0 aromatic heterocycles. The van der Waals surface area contributed by atoms with E-state index in [1.807, 2.05) is 24.3 Å². The van der Waals surface area contributed by atoms with Crippen molar-refractivity contribution in [3.63, 3.8) is 0 Å².